The van der Waals surface area contributed by atoms with Gasteiger partial charge in [0.25, 0.3) is 5.69 Å². The molecule has 0 aliphatic heterocycles. The van der Waals surface area contributed by atoms with E-state index >= 15 is 0 Å². The largest absolute Gasteiger partial charge is 0.324 e. The summed E-state index contributed by atoms with van der Waals surface area (Å²) in [6.07, 6.45) is 0.750. The average Bonchev–Trinajstić information content (AvgIpc) is 2.45. The quantitative estimate of drug-likeness (QED) is 0.627. The molecular formula is C13H16N4O3. The standard InChI is InChI=1S/C13H16N4O3/c1-3-8(2)12(15)13(18)16-11-5-4-10(17(19)20)6-9(11)7-14/h4-6,8,12H,3,15H2,1-2H3,(H,16,18). The molecule has 0 aliphatic rings. The Bertz CT molecular complexity index is 565. The van der Waals surface area contributed by atoms with Crippen molar-refractivity contribution in [2.45, 2.75) is 26.3 Å². The minimum Gasteiger partial charge on any atom is -0.324 e. The summed E-state index contributed by atoms with van der Waals surface area (Å²) in [5.74, 6) is -0.414. The molecule has 1 rings (SSSR count). The zero-order valence-corrected chi connectivity index (χ0v) is 11.3. The average molecular weight is 276 g/mol. The van der Waals surface area contributed by atoms with Gasteiger partial charge in [0, 0.05) is 12.1 Å². The van der Waals surface area contributed by atoms with Crippen LogP contribution in [0.5, 0.6) is 0 Å². The van der Waals surface area contributed by atoms with Crippen molar-refractivity contribution in [2.75, 3.05) is 5.32 Å². The second-order valence-corrected chi connectivity index (χ2v) is 4.50. The van der Waals surface area contributed by atoms with Crippen molar-refractivity contribution >= 4 is 17.3 Å². The maximum absolute atomic E-state index is 11.9. The summed E-state index contributed by atoms with van der Waals surface area (Å²) in [6, 6.07) is 4.80. The number of benzene rings is 1. The first-order chi connectivity index (χ1) is 9.40. The Morgan fingerprint density at radius 1 is 1.60 bits per heavy atom. The minimum absolute atomic E-state index is 0.00131. The van der Waals surface area contributed by atoms with Crippen molar-refractivity contribution in [3.63, 3.8) is 0 Å². The van der Waals surface area contributed by atoms with Gasteiger partial charge in [0.15, 0.2) is 0 Å². The normalized spacial score (nSPS) is 13.1. The molecule has 20 heavy (non-hydrogen) atoms. The Hall–Kier alpha value is -2.46. The van der Waals surface area contributed by atoms with E-state index in [0.717, 1.165) is 12.5 Å². The second-order valence-electron chi connectivity index (χ2n) is 4.50. The van der Waals surface area contributed by atoms with Crippen LogP contribution in [0.4, 0.5) is 11.4 Å². The van der Waals surface area contributed by atoms with Crippen LogP contribution < -0.4 is 11.1 Å². The van der Waals surface area contributed by atoms with Crippen LogP contribution in [-0.2, 0) is 4.79 Å². The summed E-state index contributed by atoms with van der Waals surface area (Å²) in [4.78, 5) is 21.9. The molecule has 0 radical (unpaired) electrons. The summed E-state index contributed by atoms with van der Waals surface area (Å²) in [5, 5.41) is 22.1. The highest BCUT2D eigenvalue weighted by Gasteiger charge is 2.21. The first-order valence-corrected chi connectivity index (χ1v) is 6.15. The molecule has 0 fully saturated rings. The van der Waals surface area contributed by atoms with Gasteiger partial charge in [-0.1, -0.05) is 20.3 Å². The third-order valence-electron chi connectivity index (χ3n) is 3.15. The fourth-order valence-corrected chi connectivity index (χ4v) is 1.58. The summed E-state index contributed by atoms with van der Waals surface area (Å²) in [7, 11) is 0. The number of carbonyl (C=O) groups is 1. The molecule has 0 saturated carbocycles. The molecule has 0 heterocycles. The van der Waals surface area contributed by atoms with Gasteiger partial charge in [0.1, 0.15) is 6.07 Å². The van der Waals surface area contributed by atoms with Gasteiger partial charge in [-0.05, 0) is 12.0 Å². The van der Waals surface area contributed by atoms with Crippen LogP contribution in [0.15, 0.2) is 18.2 Å². The van der Waals surface area contributed by atoms with E-state index in [2.05, 4.69) is 5.32 Å². The van der Waals surface area contributed by atoms with Crippen molar-refractivity contribution in [3.05, 3.63) is 33.9 Å². The number of hydrogen-bond acceptors (Lipinski definition) is 5. The summed E-state index contributed by atoms with van der Waals surface area (Å²) in [5.41, 5.74) is 5.84. The van der Waals surface area contributed by atoms with Crippen molar-refractivity contribution in [1.82, 2.24) is 0 Å². The van der Waals surface area contributed by atoms with Crippen LogP contribution in [0.3, 0.4) is 0 Å². The van der Waals surface area contributed by atoms with Gasteiger partial charge >= 0.3 is 0 Å². The minimum atomic E-state index is -0.693. The highest BCUT2D eigenvalue weighted by atomic mass is 16.6. The monoisotopic (exact) mass is 276 g/mol. The van der Waals surface area contributed by atoms with E-state index in [4.69, 9.17) is 11.0 Å². The second kappa shape index (κ2) is 6.63. The summed E-state index contributed by atoms with van der Waals surface area (Å²) < 4.78 is 0. The maximum Gasteiger partial charge on any atom is 0.270 e. The van der Waals surface area contributed by atoms with Gasteiger partial charge in [-0.15, -0.1) is 0 Å². The van der Waals surface area contributed by atoms with Crippen molar-refractivity contribution < 1.29 is 9.72 Å². The topological polar surface area (TPSA) is 122 Å². The van der Waals surface area contributed by atoms with E-state index in [-0.39, 0.29) is 22.9 Å². The van der Waals surface area contributed by atoms with E-state index in [1.165, 1.54) is 12.1 Å². The molecule has 1 amide bonds. The number of nitro benzene ring substituents is 1. The highest BCUT2D eigenvalue weighted by Crippen LogP contribution is 2.22. The fraction of sp³-hybridized carbons (Fsp3) is 0.385. The molecule has 3 N–H and O–H groups in total. The Morgan fingerprint density at radius 2 is 2.25 bits per heavy atom. The Kier molecular flexibility index (Phi) is 5.17. The van der Waals surface area contributed by atoms with Crippen LogP contribution in [0.25, 0.3) is 0 Å². The van der Waals surface area contributed by atoms with Crippen LogP contribution in [0.2, 0.25) is 0 Å². The lowest BCUT2D eigenvalue weighted by molar-refractivity contribution is -0.384. The van der Waals surface area contributed by atoms with Crippen LogP contribution in [-0.4, -0.2) is 16.9 Å². The number of nitrogens with two attached hydrogens (primary N) is 1. The summed E-state index contributed by atoms with van der Waals surface area (Å²) in [6.45, 7) is 3.77. The number of anilines is 1. The predicted octanol–water partition coefficient (Wildman–Crippen LogP) is 1.78. The van der Waals surface area contributed by atoms with Gasteiger partial charge in [-0.2, -0.15) is 5.26 Å². The molecule has 106 valence electrons. The third kappa shape index (κ3) is 3.52. The SMILES string of the molecule is CCC(C)C(N)C(=O)Nc1ccc([N+](=O)[O-])cc1C#N. The lowest BCUT2D eigenvalue weighted by Crippen LogP contribution is -2.40. The number of carbonyl (C=O) groups excluding carboxylic acids is 1. The molecule has 1 aromatic rings. The van der Waals surface area contributed by atoms with Crippen LogP contribution in [0.1, 0.15) is 25.8 Å². The van der Waals surface area contributed by atoms with Crippen molar-refractivity contribution in [3.8, 4) is 6.07 Å². The number of amides is 1. The zero-order valence-electron chi connectivity index (χ0n) is 11.3. The van der Waals surface area contributed by atoms with Gasteiger partial charge in [-0.3, -0.25) is 14.9 Å². The molecule has 1 aromatic carbocycles. The Balaban J connectivity index is 2.96. The summed E-state index contributed by atoms with van der Waals surface area (Å²) >= 11 is 0. The Labute approximate surface area is 116 Å². The maximum atomic E-state index is 11.9. The molecule has 7 heteroatoms. The molecule has 0 saturated heterocycles. The number of non-ortho nitro benzene ring substituents is 1. The van der Waals surface area contributed by atoms with E-state index in [1.54, 1.807) is 0 Å². The van der Waals surface area contributed by atoms with Crippen LogP contribution >= 0.6 is 0 Å². The van der Waals surface area contributed by atoms with Crippen molar-refractivity contribution in [2.24, 2.45) is 11.7 Å². The van der Waals surface area contributed by atoms with Crippen LogP contribution in [0, 0.1) is 27.4 Å². The molecule has 0 aliphatic carbocycles. The molecule has 0 spiro atoms. The molecule has 2 atom stereocenters. The smallest absolute Gasteiger partial charge is 0.270 e. The molecule has 0 aromatic heterocycles. The van der Waals surface area contributed by atoms with Gasteiger partial charge in [-0.25, -0.2) is 0 Å². The van der Waals surface area contributed by atoms with E-state index < -0.39 is 16.9 Å². The van der Waals surface area contributed by atoms with Gasteiger partial charge in [0.05, 0.1) is 22.2 Å². The van der Waals surface area contributed by atoms with Gasteiger partial charge in [0.2, 0.25) is 5.91 Å². The number of nitrogens with zero attached hydrogens (tertiary/aromatic N) is 2. The fourth-order valence-electron chi connectivity index (χ4n) is 1.58. The number of nitriles is 1. The first-order valence-electron chi connectivity index (χ1n) is 6.15. The lowest BCUT2D eigenvalue weighted by atomic mass is 9.99. The Morgan fingerprint density at radius 3 is 2.75 bits per heavy atom. The number of rotatable bonds is 5. The predicted molar refractivity (Wildman–Crippen MR) is 73.9 cm³/mol. The highest BCUT2D eigenvalue weighted by molar-refractivity contribution is 5.96. The van der Waals surface area contributed by atoms with Gasteiger partial charge < -0.3 is 11.1 Å². The van der Waals surface area contributed by atoms with E-state index in [1.807, 2.05) is 19.9 Å². The van der Waals surface area contributed by atoms with E-state index in [0.29, 0.717) is 0 Å². The zero-order chi connectivity index (χ0) is 15.3. The molecule has 2 unspecified atom stereocenters. The molecule has 0 bridgehead atoms. The lowest BCUT2D eigenvalue weighted by Gasteiger charge is -2.18. The molecular weight excluding hydrogens is 260 g/mol. The number of hydrogen-bond donors (Lipinski definition) is 2. The number of nitrogens with one attached hydrogen (secondary N) is 1. The van der Waals surface area contributed by atoms with E-state index in [9.17, 15) is 14.9 Å². The number of nitro groups is 1. The first kappa shape index (κ1) is 15.6. The van der Waals surface area contributed by atoms with Crippen molar-refractivity contribution in [1.29, 1.82) is 5.26 Å². The molecule has 7 nitrogen and oxygen atoms in total. The third-order valence-corrected chi connectivity index (χ3v) is 3.15.